The zero-order chi connectivity index (χ0) is 10.1. The van der Waals surface area contributed by atoms with E-state index in [0.717, 1.165) is 10.1 Å². The molecule has 0 saturated heterocycles. The largest absolute Gasteiger partial charge is 0.343 e. The summed E-state index contributed by atoms with van der Waals surface area (Å²) in [5.74, 6) is -0.0553. The summed E-state index contributed by atoms with van der Waals surface area (Å²) in [6, 6.07) is 3.83. The van der Waals surface area contributed by atoms with E-state index in [9.17, 15) is 4.79 Å². The van der Waals surface area contributed by atoms with Crippen LogP contribution in [-0.2, 0) is 0 Å². The molecule has 2 heterocycles. The average molecular weight is 206 g/mol. The fourth-order valence-electron chi connectivity index (χ4n) is 1.20. The number of amides is 1. The van der Waals surface area contributed by atoms with Crippen molar-refractivity contribution in [2.45, 2.75) is 0 Å². The topological polar surface area (TPSA) is 33.2 Å². The first-order valence-electron chi connectivity index (χ1n) is 4.23. The average Bonchev–Trinajstić information content (AvgIpc) is 2.62. The standard InChI is InChI=1S/C10H10N2OS/c1-12(2)10(13)8-5-9-7(6-11-8)3-4-14-9/h3-6H,1-2H3. The predicted molar refractivity (Wildman–Crippen MR) is 57.6 cm³/mol. The van der Waals surface area contributed by atoms with Gasteiger partial charge < -0.3 is 4.90 Å². The van der Waals surface area contributed by atoms with Crippen molar-refractivity contribution < 1.29 is 4.79 Å². The second-order valence-electron chi connectivity index (χ2n) is 3.23. The summed E-state index contributed by atoms with van der Waals surface area (Å²) >= 11 is 1.62. The number of carbonyl (C=O) groups is 1. The van der Waals surface area contributed by atoms with Gasteiger partial charge in [0.15, 0.2) is 0 Å². The van der Waals surface area contributed by atoms with Gasteiger partial charge in [0.2, 0.25) is 0 Å². The third-order valence-electron chi connectivity index (χ3n) is 1.96. The maximum Gasteiger partial charge on any atom is 0.271 e. The number of pyridine rings is 1. The van der Waals surface area contributed by atoms with Crippen molar-refractivity contribution in [3.8, 4) is 0 Å². The Labute approximate surface area is 86.0 Å². The molecule has 2 aromatic heterocycles. The number of fused-ring (bicyclic) bond motifs is 1. The van der Waals surface area contributed by atoms with Gasteiger partial charge in [0.05, 0.1) is 0 Å². The van der Waals surface area contributed by atoms with Gasteiger partial charge in [0.25, 0.3) is 5.91 Å². The van der Waals surface area contributed by atoms with Crippen LogP contribution < -0.4 is 0 Å². The smallest absolute Gasteiger partial charge is 0.271 e. The van der Waals surface area contributed by atoms with Crippen LogP contribution in [0.1, 0.15) is 10.5 Å². The van der Waals surface area contributed by atoms with Gasteiger partial charge in [-0.1, -0.05) is 0 Å². The lowest BCUT2D eigenvalue weighted by Gasteiger charge is -2.08. The van der Waals surface area contributed by atoms with Gasteiger partial charge in [-0.15, -0.1) is 11.3 Å². The normalized spacial score (nSPS) is 10.4. The minimum absolute atomic E-state index is 0.0553. The first kappa shape index (κ1) is 9.15. The van der Waals surface area contributed by atoms with Crippen molar-refractivity contribution in [3.63, 3.8) is 0 Å². The molecule has 0 atom stereocenters. The molecule has 0 aromatic carbocycles. The second kappa shape index (κ2) is 3.38. The summed E-state index contributed by atoms with van der Waals surface area (Å²) < 4.78 is 1.10. The van der Waals surface area contributed by atoms with Crippen molar-refractivity contribution in [3.05, 3.63) is 29.4 Å². The van der Waals surface area contributed by atoms with Crippen LogP contribution in [0.3, 0.4) is 0 Å². The number of aromatic nitrogens is 1. The molecular weight excluding hydrogens is 196 g/mol. The zero-order valence-corrected chi connectivity index (χ0v) is 8.84. The summed E-state index contributed by atoms with van der Waals surface area (Å²) in [6.45, 7) is 0. The van der Waals surface area contributed by atoms with E-state index in [1.54, 1.807) is 31.6 Å². The van der Waals surface area contributed by atoms with Gasteiger partial charge in [0.1, 0.15) is 5.69 Å². The Morgan fingerprint density at radius 1 is 1.50 bits per heavy atom. The lowest BCUT2D eigenvalue weighted by molar-refractivity contribution is 0.0822. The number of thiophene rings is 1. The number of rotatable bonds is 1. The molecule has 0 aliphatic carbocycles. The van der Waals surface area contributed by atoms with Crippen LogP contribution in [-0.4, -0.2) is 29.9 Å². The van der Waals surface area contributed by atoms with Crippen molar-refractivity contribution in [1.82, 2.24) is 9.88 Å². The Kier molecular flexibility index (Phi) is 2.21. The number of hydrogen-bond acceptors (Lipinski definition) is 3. The molecule has 3 nitrogen and oxygen atoms in total. The van der Waals surface area contributed by atoms with E-state index in [0.29, 0.717) is 5.69 Å². The van der Waals surface area contributed by atoms with Crippen LogP contribution >= 0.6 is 11.3 Å². The Morgan fingerprint density at radius 3 is 3.00 bits per heavy atom. The van der Waals surface area contributed by atoms with Crippen molar-refractivity contribution in [1.29, 1.82) is 0 Å². The third-order valence-corrected chi connectivity index (χ3v) is 2.84. The molecule has 2 rings (SSSR count). The van der Waals surface area contributed by atoms with Crippen LogP contribution in [0, 0.1) is 0 Å². The van der Waals surface area contributed by atoms with Crippen molar-refractivity contribution in [2.75, 3.05) is 14.1 Å². The molecule has 0 unspecified atom stereocenters. The van der Waals surface area contributed by atoms with E-state index >= 15 is 0 Å². The van der Waals surface area contributed by atoms with Crippen molar-refractivity contribution >= 4 is 27.3 Å². The van der Waals surface area contributed by atoms with E-state index in [4.69, 9.17) is 0 Å². The molecule has 0 spiro atoms. The molecule has 2 aromatic rings. The van der Waals surface area contributed by atoms with Crippen LogP contribution in [0.4, 0.5) is 0 Å². The van der Waals surface area contributed by atoms with E-state index in [2.05, 4.69) is 4.98 Å². The van der Waals surface area contributed by atoms with Crippen LogP contribution in [0.5, 0.6) is 0 Å². The van der Waals surface area contributed by atoms with E-state index < -0.39 is 0 Å². The molecule has 0 aliphatic heterocycles. The lowest BCUT2D eigenvalue weighted by atomic mass is 10.3. The second-order valence-corrected chi connectivity index (χ2v) is 4.18. The highest BCUT2D eigenvalue weighted by molar-refractivity contribution is 7.17. The highest BCUT2D eigenvalue weighted by atomic mass is 32.1. The fourth-order valence-corrected chi connectivity index (χ4v) is 2.00. The van der Waals surface area contributed by atoms with Crippen LogP contribution in [0.2, 0.25) is 0 Å². The summed E-state index contributed by atoms with van der Waals surface area (Å²) in [6.07, 6.45) is 1.74. The summed E-state index contributed by atoms with van der Waals surface area (Å²) in [5.41, 5.74) is 0.505. The molecule has 0 aliphatic rings. The number of nitrogens with zero attached hydrogens (tertiary/aromatic N) is 2. The fraction of sp³-hybridized carbons (Fsp3) is 0.200. The Morgan fingerprint density at radius 2 is 2.29 bits per heavy atom. The maximum absolute atomic E-state index is 11.6. The minimum atomic E-state index is -0.0553. The summed E-state index contributed by atoms with van der Waals surface area (Å²) in [7, 11) is 3.45. The molecule has 0 radical (unpaired) electrons. The maximum atomic E-state index is 11.6. The molecule has 0 fully saturated rings. The first-order valence-corrected chi connectivity index (χ1v) is 5.11. The van der Waals surface area contributed by atoms with Gasteiger partial charge >= 0.3 is 0 Å². The SMILES string of the molecule is CN(C)C(=O)c1cc2sccc2cn1. The number of hydrogen-bond donors (Lipinski definition) is 0. The quantitative estimate of drug-likeness (QED) is 0.715. The van der Waals surface area contributed by atoms with E-state index in [1.165, 1.54) is 4.90 Å². The zero-order valence-electron chi connectivity index (χ0n) is 8.02. The molecule has 0 N–H and O–H groups in total. The molecule has 14 heavy (non-hydrogen) atoms. The highest BCUT2D eigenvalue weighted by Gasteiger charge is 2.09. The molecule has 4 heteroatoms. The molecule has 1 amide bonds. The van der Waals surface area contributed by atoms with E-state index in [-0.39, 0.29) is 5.91 Å². The Bertz CT molecular complexity index is 476. The minimum Gasteiger partial charge on any atom is -0.343 e. The van der Waals surface area contributed by atoms with Gasteiger partial charge in [-0.05, 0) is 17.5 Å². The Hall–Kier alpha value is -1.42. The molecular formula is C10H10N2OS. The van der Waals surface area contributed by atoms with Crippen molar-refractivity contribution in [2.24, 2.45) is 0 Å². The predicted octanol–water partition coefficient (Wildman–Crippen LogP) is 2.00. The Balaban J connectivity index is 2.48. The highest BCUT2D eigenvalue weighted by Crippen LogP contribution is 2.20. The molecule has 0 bridgehead atoms. The lowest BCUT2D eigenvalue weighted by Crippen LogP contribution is -2.22. The monoisotopic (exact) mass is 206 g/mol. The third kappa shape index (κ3) is 1.48. The van der Waals surface area contributed by atoms with E-state index in [1.807, 2.05) is 17.5 Å². The van der Waals surface area contributed by atoms with Crippen LogP contribution in [0.25, 0.3) is 10.1 Å². The molecule has 72 valence electrons. The molecule has 0 saturated carbocycles. The summed E-state index contributed by atoms with van der Waals surface area (Å²) in [4.78, 5) is 17.2. The summed E-state index contributed by atoms with van der Waals surface area (Å²) in [5, 5.41) is 3.08. The first-order chi connectivity index (χ1) is 6.68. The van der Waals surface area contributed by atoms with Crippen LogP contribution in [0.15, 0.2) is 23.7 Å². The van der Waals surface area contributed by atoms with Gasteiger partial charge in [-0.25, -0.2) is 0 Å². The van der Waals surface area contributed by atoms with Gasteiger partial charge in [0, 0.05) is 30.4 Å². The number of carbonyl (C=O) groups excluding carboxylic acids is 1. The van der Waals surface area contributed by atoms with Gasteiger partial charge in [-0.2, -0.15) is 0 Å². The van der Waals surface area contributed by atoms with Gasteiger partial charge in [-0.3, -0.25) is 9.78 Å².